The van der Waals surface area contributed by atoms with Crippen molar-refractivity contribution >= 4 is 39.3 Å². The minimum absolute atomic E-state index is 0.0599. The van der Waals surface area contributed by atoms with E-state index < -0.39 is 11.8 Å². The lowest BCUT2D eigenvalue weighted by Gasteiger charge is -2.05. The number of hydrogen-bond donors (Lipinski definition) is 4. The number of carbonyl (C=O) groups is 3. The Morgan fingerprint density at radius 1 is 0.893 bits per heavy atom. The molecule has 4 N–H and O–H groups in total. The Bertz CT molecular complexity index is 1000. The molecule has 0 saturated heterocycles. The molecule has 9 heteroatoms. The molecule has 3 amide bonds. The molecule has 0 aliphatic heterocycles. The van der Waals surface area contributed by atoms with E-state index in [-0.39, 0.29) is 25.4 Å². The number of carbonyl (C=O) groups excluding carboxylic acids is 3. The van der Waals surface area contributed by atoms with Crippen molar-refractivity contribution in [3.63, 3.8) is 0 Å². The van der Waals surface area contributed by atoms with Gasteiger partial charge in [-0.2, -0.15) is 0 Å². The van der Waals surface area contributed by atoms with Gasteiger partial charge >= 0.3 is 0 Å². The number of nitrogens with zero attached hydrogens (tertiary/aromatic N) is 1. The van der Waals surface area contributed by atoms with Gasteiger partial charge < -0.3 is 10.6 Å². The molecule has 144 valence electrons. The van der Waals surface area contributed by atoms with Crippen LogP contribution in [0.15, 0.2) is 48.5 Å². The summed E-state index contributed by atoms with van der Waals surface area (Å²) in [5.74, 6) is -1.62. The number of nitrogens with one attached hydrogen (secondary N) is 3. The molecule has 0 spiro atoms. The van der Waals surface area contributed by atoms with Gasteiger partial charge in [0.05, 0.1) is 29.7 Å². The molecule has 8 nitrogen and oxygen atoms in total. The summed E-state index contributed by atoms with van der Waals surface area (Å²) < 4.78 is 0.983. The quantitative estimate of drug-likeness (QED) is 0.353. The van der Waals surface area contributed by atoms with E-state index >= 15 is 0 Å². The van der Waals surface area contributed by atoms with Crippen LogP contribution in [0.1, 0.15) is 5.01 Å². The lowest BCUT2D eigenvalue weighted by molar-refractivity contribution is -0.131. The minimum atomic E-state index is -0.746. The van der Waals surface area contributed by atoms with Gasteiger partial charge in [0.25, 0.3) is 5.91 Å². The van der Waals surface area contributed by atoms with Crippen LogP contribution >= 0.6 is 11.3 Å². The van der Waals surface area contributed by atoms with Crippen LogP contribution in [-0.4, -0.2) is 41.0 Å². The summed E-state index contributed by atoms with van der Waals surface area (Å²) in [7, 11) is 0. The van der Waals surface area contributed by atoms with Crippen molar-refractivity contribution < 1.29 is 19.6 Å². The van der Waals surface area contributed by atoms with E-state index in [0.29, 0.717) is 5.01 Å². The van der Waals surface area contributed by atoms with Gasteiger partial charge in [-0.25, -0.2) is 10.5 Å². The number of thiazole rings is 1. The summed E-state index contributed by atoms with van der Waals surface area (Å²) in [6.07, 6.45) is 0.0599. The number of aromatic nitrogens is 1. The first-order valence-corrected chi connectivity index (χ1v) is 9.28. The number of benzene rings is 2. The highest BCUT2D eigenvalue weighted by atomic mass is 32.1. The normalized spacial score (nSPS) is 10.5. The average Bonchev–Trinajstić information content (AvgIpc) is 3.12. The first-order valence-electron chi connectivity index (χ1n) is 8.46. The van der Waals surface area contributed by atoms with Crippen molar-refractivity contribution in [1.82, 2.24) is 21.1 Å². The summed E-state index contributed by atoms with van der Waals surface area (Å²) in [6, 6.07) is 16.0. The summed E-state index contributed by atoms with van der Waals surface area (Å²) in [5, 5.41) is 13.7. The van der Waals surface area contributed by atoms with Gasteiger partial charge in [0.2, 0.25) is 11.8 Å². The van der Waals surface area contributed by atoms with E-state index in [2.05, 4.69) is 15.6 Å². The zero-order valence-corrected chi connectivity index (χ0v) is 15.6. The van der Waals surface area contributed by atoms with E-state index in [4.69, 9.17) is 5.21 Å². The number of amides is 3. The Kier molecular flexibility index (Phi) is 6.30. The Morgan fingerprint density at radius 3 is 2.36 bits per heavy atom. The zero-order chi connectivity index (χ0) is 19.9. The lowest BCUT2D eigenvalue weighted by Crippen LogP contribution is -2.41. The van der Waals surface area contributed by atoms with Crippen LogP contribution in [0.25, 0.3) is 21.3 Å². The Labute approximate surface area is 164 Å². The molecule has 0 aliphatic carbocycles. The molecular formula is C19H18N4O4S. The third-order valence-corrected chi connectivity index (χ3v) is 4.89. The first-order chi connectivity index (χ1) is 13.5. The Balaban J connectivity index is 1.57. The van der Waals surface area contributed by atoms with Crippen LogP contribution in [0.3, 0.4) is 0 Å². The molecule has 0 unspecified atom stereocenters. The third kappa shape index (κ3) is 5.12. The molecule has 3 rings (SSSR count). The van der Waals surface area contributed by atoms with Gasteiger partial charge in [0.15, 0.2) is 0 Å². The molecular weight excluding hydrogens is 380 g/mol. The number of hydrogen-bond acceptors (Lipinski definition) is 6. The van der Waals surface area contributed by atoms with E-state index in [9.17, 15) is 14.4 Å². The maximum atomic E-state index is 12.0. The lowest BCUT2D eigenvalue weighted by atomic mass is 10.1. The highest BCUT2D eigenvalue weighted by molar-refractivity contribution is 7.18. The van der Waals surface area contributed by atoms with Crippen molar-refractivity contribution in [2.45, 2.75) is 6.42 Å². The molecule has 0 fully saturated rings. The largest absolute Gasteiger partial charge is 0.347 e. The first kappa shape index (κ1) is 19.5. The molecule has 0 aliphatic rings. The zero-order valence-electron chi connectivity index (χ0n) is 14.8. The van der Waals surface area contributed by atoms with Crippen LogP contribution in [0.5, 0.6) is 0 Å². The van der Waals surface area contributed by atoms with Crippen molar-refractivity contribution in [2.75, 3.05) is 13.1 Å². The van der Waals surface area contributed by atoms with Crippen LogP contribution < -0.4 is 16.1 Å². The molecule has 0 saturated carbocycles. The average molecular weight is 398 g/mol. The highest BCUT2D eigenvalue weighted by Gasteiger charge is 2.12. The molecule has 28 heavy (non-hydrogen) atoms. The Morgan fingerprint density at radius 2 is 1.61 bits per heavy atom. The number of hydroxylamine groups is 1. The molecule has 1 aromatic heterocycles. The van der Waals surface area contributed by atoms with Crippen LogP contribution in [-0.2, 0) is 20.8 Å². The predicted octanol–water partition coefficient (Wildman–Crippen LogP) is 1.24. The molecule has 0 atom stereocenters. The molecule has 3 aromatic rings. The molecule has 2 aromatic carbocycles. The maximum absolute atomic E-state index is 12.0. The number of rotatable bonds is 7. The smallest absolute Gasteiger partial charge is 0.262 e. The van der Waals surface area contributed by atoms with Crippen LogP contribution in [0, 0.1) is 0 Å². The fraction of sp³-hybridized carbons (Fsp3) is 0.158. The van der Waals surface area contributed by atoms with E-state index in [0.717, 1.165) is 21.3 Å². The summed E-state index contributed by atoms with van der Waals surface area (Å²) in [4.78, 5) is 38.9. The second-order valence-corrected chi connectivity index (χ2v) is 7.04. The summed E-state index contributed by atoms with van der Waals surface area (Å²) in [5.41, 5.74) is 4.41. The third-order valence-electron chi connectivity index (χ3n) is 3.87. The van der Waals surface area contributed by atoms with E-state index in [1.54, 1.807) is 0 Å². The summed E-state index contributed by atoms with van der Waals surface area (Å²) >= 11 is 1.43. The summed E-state index contributed by atoms with van der Waals surface area (Å²) in [6.45, 7) is -0.632. The van der Waals surface area contributed by atoms with Gasteiger partial charge in [-0.05, 0) is 23.3 Å². The fourth-order valence-electron chi connectivity index (χ4n) is 2.52. The molecule has 0 radical (unpaired) electrons. The fourth-order valence-corrected chi connectivity index (χ4v) is 3.52. The maximum Gasteiger partial charge on any atom is 0.262 e. The SMILES string of the molecule is O=C(CNC(=O)CNC(=O)Cc1nc2ccc(-c3ccccc3)cc2s1)NO. The van der Waals surface area contributed by atoms with Gasteiger partial charge in [-0.15, -0.1) is 11.3 Å². The predicted molar refractivity (Wildman–Crippen MR) is 105 cm³/mol. The monoisotopic (exact) mass is 398 g/mol. The Hall–Kier alpha value is -3.30. The van der Waals surface area contributed by atoms with Gasteiger partial charge in [0, 0.05) is 0 Å². The van der Waals surface area contributed by atoms with Gasteiger partial charge in [-0.1, -0.05) is 36.4 Å². The second kappa shape index (κ2) is 9.07. The second-order valence-electron chi connectivity index (χ2n) is 5.92. The van der Waals surface area contributed by atoms with Gasteiger partial charge in [-0.3, -0.25) is 19.6 Å². The van der Waals surface area contributed by atoms with Crippen LogP contribution in [0.4, 0.5) is 0 Å². The number of fused-ring (bicyclic) bond motifs is 1. The van der Waals surface area contributed by atoms with Crippen molar-refractivity contribution in [3.05, 3.63) is 53.5 Å². The minimum Gasteiger partial charge on any atom is -0.347 e. The molecule has 1 heterocycles. The van der Waals surface area contributed by atoms with Crippen molar-refractivity contribution in [2.24, 2.45) is 0 Å². The van der Waals surface area contributed by atoms with E-state index in [1.807, 2.05) is 48.5 Å². The molecule has 0 bridgehead atoms. The van der Waals surface area contributed by atoms with Crippen LogP contribution in [0.2, 0.25) is 0 Å². The van der Waals surface area contributed by atoms with Crippen molar-refractivity contribution in [1.29, 1.82) is 0 Å². The standard InChI is InChI=1S/C19H18N4O4S/c24-16(20-10-17(25)21-11-18(26)23-27)9-19-22-14-7-6-13(8-15(14)28-19)12-4-2-1-3-5-12/h1-8,27H,9-11H2,(H,20,24)(H,21,25)(H,23,26). The van der Waals surface area contributed by atoms with E-state index in [1.165, 1.54) is 16.8 Å². The van der Waals surface area contributed by atoms with Gasteiger partial charge in [0.1, 0.15) is 5.01 Å². The topological polar surface area (TPSA) is 120 Å². The van der Waals surface area contributed by atoms with Crippen molar-refractivity contribution in [3.8, 4) is 11.1 Å². The highest BCUT2D eigenvalue weighted by Crippen LogP contribution is 2.28.